The van der Waals surface area contributed by atoms with Gasteiger partial charge in [-0.2, -0.15) is 0 Å². The highest BCUT2D eigenvalue weighted by molar-refractivity contribution is 9.11. The van der Waals surface area contributed by atoms with Gasteiger partial charge in [0.15, 0.2) is 6.04 Å². The van der Waals surface area contributed by atoms with E-state index in [0.29, 0.717) is 27.0 Å². The van der Waals surface area contributed by atoms with Crippen LogP contribution in [0.25, 0.3) is 0 Å². The van der Waals surface area contributed by atoms with Crippen LogP contribution in [0.1, 0.15) is 17.2 Å². The molecule has 0 spiro atoms. The standard InChI is InChI=1S/C18H19Br2N3O4/c1-26-18(25)15(23-12-4-2-10(3-5-12)17(21)22)13-8-11(19)9-14(20)16(13)27-7-6-24/h2-5,8-9,15,23-24H,6-7H2,1H3,(H3,21,22). The molecule has 0 aromatic heterocycles. The summed E-state index contributed by atoms with van der Waals surface area (Å²) in [4.78, 5) is 12.5. The summed E-state index contributed by atoms with van der Waals surface area (Å²) in [5.41, 5.74) is 7.22. The third-order valence-corrected chi connectivity index (χ3v) is 4.68. The number of hydrogen-bond donors (Lipinski definition) is 4. The Hall–Kier alpha value is -2.10. The topological polar surface area (TPSA) is 118 Å². The van der Waals surface area contributed by atoms with E-state index in [9.17, 15) is 4.79 Å². The summed E-state index contributed by atoms with van der Waals surface area (Å²) in [7, 11) is 1.30. The van der Waals surface area contributed by atoms with Gasteiger partial charge in [-0.1, -0.05) is 15.9 Å². The second-order valence-corrected chi connectivity index (χ2v) is 7.24. The van der Waals surface area contributed by atoms with Crippen molar-refractivity contribution in [1.29, 1.82) is 5.41 Å². The second kappa shape index (κ2) is 9.72. The Morgan fingerprint density at radius 1 is 1.30 bits per heavy atom. The van der Waals surface area contributed by atoms with Gasteiger partial charge in [-0.05, 0) is 52.3 Å². The predicted octanol–water partition coefficient (Wildman–Crippen LogP) is 3.19. The van der Waals surface area contributed by atoms with Crippen molar-refractivity contribution in [2.75, 3.05) is 25.6 Å². The molecule has 0 amide bonds. The second-order valence-electron chi connectivity index (χ2n) is 5.47. The van der Waals surface area contributed by atoms with Crippen LogP contribution in [0.5, 0.6) is 5.75 Å². The van der Waals surface area contributed by atoms with Crippen LogP contribution < -0.4 is 15.8 Å². The Kier molecular flexibility index (Phi) is 7.64. The summed E-state index contributed by atoms with van der Waals surface area (Å²) in [6.45, 7) is -0.0841. The molecule has 2 rings (SSSR count). The van der Waals surface area contributed by atoms with Gasteiger partial charge in [0.05, 0.1) is 18.2 Å². The first kappa shape index (κ1) is 21.2. The minimum Gasteiger partial charge on any atom is -0.490 e. The molecule has 0 heterocycles. The number of carbonyl (C=O) groups excluding carboxylic acids is 1. The van der Waals surface area contributed by atoms with E-state index in [1.807, 2.05) is 0 Å². The van der Waals surface area contributed by atoms with E-state index in [4.69, 9.17) is 25.7 Å². The Morgan fingerprint density at radius 2 is 1.96 bits per heavy atom. The molecule has 0 saturated heterocycles. The highest BCUT2D eigenvalue weighted by Crippen LogP contribution is 2.38. The molecule has 0 bridgehead atoms. The minimum atomic E-state index is -0.860. The van der Waals surface area contributed by atoms with Crippen molar-refractivity contribution in [3.8, 4) is 5.75 Å². The van der Waals surface area contributed by atoms with Gasteiger partial charge in [-0.3, -0.25) is 5.41 Å². The summed E-state index contributed by atoms with van der Waals surface area (Å²) in [5.74, 6) is -0.123. The SMILES string of the molecule is COC(=O)C(Nc1ccc(C(=N)N)cc1)c1cc(Br)cc(Br)c1OCCO. The van der Waals surface area contributed by atoms with Crippen molar-refractivity contribution in [3.63, 3.8) is 0 Å². The zero-order valence-electron chi connectivity index (χ0n) is 14.5. The zero-order chi connectivity index (χ0) is 20.0. The maximum Gasteiger partial charge on any atom is 0.333 e. The fourth-order valence-electron chi connectivity index (χ4n) is 2.39. The van der Waals surface area contributed by atoms with E-state index in [-0.39, 0.29) is 19.0 Å². The number of carbonyl (C=O) groups is 1. The van der Waals surface area contributed by atoms with Gasteiger partial charge in [0.1, 0.15) is 18.2 Å². The third kappa shape index (κ3) is 5.44. The van der Waals surface area contributed by atoms with Crippen LogP contribution in [-0.4, -0.2) is 37.2 Å². The van der Waals surface area contributed by atoms with Gasteiger partial charge >= 0.3 is 5.97 Å². The summed E-state index contributed by atoms with van der Waals surface area (Å²) in [5, 5.41) is 19.6. The Balaban J connectivity index is 2.44. The smallest absolute Gasteiger partial charge is 0.333 e. The fraction of sp³-hybridized carbons (Fsp3) is 0.222. The summed E-state index contributed by atoms with van der Waals surface area (Å²) < 4.78 is 11.9. The molecule has 1 atom stereocenters. The normalized spacial score (nSPS) is 11.6. The Labute approximate surface area is 173 Å². The Bertz CT molecular complexity index is 828. The van der Waals surface area contributed by atoms with Gasteiger partial charge in [0.2, 0.25) is 0 Å². The maximum atomic E-state index is 12.5. The highest BCUT2D eigenvalue weighted by Gasteiger charge is 2.27. The average Bonchev–Trinajstić information content (AvgIpc) is 2.64. The molecule has 0 radical (unpaired) electrons. The molecule has 0 aliphatic heterocycles. The molecular formula is C18H19Br2N3O4. The number of hydrogen-bond acceptors (Lipinski definition) is 6. The van der Waals surface area contributed by atoms with Crippen LogP contribution in [0.2, 0.25) is 0 Å². The molecule has 9 heteroatoms. The van der Waals surface area contributed by atoms with Crippen molar-refractivity contribution in [1.82, 2.24) is 0 Å². The molecule has 2 aromatic rings. The zero-order valence-corrected chi connectivity index (χ0v) is 17.6. The number of rotatable bonds is 8. The quantitative estimate of drug-likeness (QED) is 0.251. The number of ether oxygens (including phenoxy) is 2. The van der Waals surface area contributed by atoms with Crippen molar-refractivity contribution in [2.45, 2.75) is 6.04 Å². The first-order valence-electron chi connectivity index (χ1n) is 7.88. The van der Waals surface area contributed by atoms with Gasteiger partial charge in [-0.25, -0.2) is 4.79 Å². The third-order valence-electron chi connectivity index (χ3n) is 3.63. The van der Waals surface area contributed by atoms with Gasteiger partial charge in [0.25, 0.3) is 0 Å². The lowest BCUT2D eigenvalue weighted by molar-refractivity contribution is -0.141. The number of anilines is 1. The van der Waals surface area contributed by atoms with Gasteiger partial charge < -0.3 is 25.6 Å². The van der Waals surface area contributed by atoms with E-state index in [2.05, 4.69) is 37.2 Å². The van der Waals surface area contributed by atoms with Crippen LogP contribution in [0.15, 0.2) is 45.3 Å². The molecule has 144 valence electrons. The number of amidine groups is 1. The first-order valence-corrected chi connectivity index (χ1v) is 9.47. The van der Waals surface area contributed by atoms with Gasteiger partial charge in [-0.15, -0.1) is 0 Å². The molecule has 7 nitrogen and oxygen atoms in total. The van der Waals surface area contributed by atoms with Crippen LogP contribution in [0, 0.1) is 5.41 Å². The molecule has 2 aromatic carbocycles. The van der Waals surface area contributed by atoms with Crippen molar-refractivity contribution in [3.05, 3.63) is 56.5 Å². The lowest BCUT2D eigenvalue weighted by Gasteiger charge is -2.22. The monoisotopic (exact) mass is 499 g/mol. The summed E-state index contributed by atoms with van der Waals surface area (Å²) >= 11 is 6.84. The Morgan fingerprint density at radius 3 is 2.52 bits per heavy atom. The number of nitrogens with two attached hydrogens (primary N) is 1. The number of aliphatic hydroxyl groups excluding tert-OH is 1. The van der Waals surface area contributed by atoms with Crippen LogP contribution in [0.3, 0.4) is 0 Å². The lowest BCUT2D eigenvalue weighted by atomic mass is 10.0. The van der Waals surface area contributed by atoms with E-state index in [0.717, 1.165) is 4.47 Å². The molecule has 0 fully saturated rings. The summed E-state index contributed by atoms with van der Waals surface area (Å²) in [6, 6.07) is 9.46. The van der Waals surface area contributed by atoms with Crippen molar-refractivity contribution in [2.24, 2.45) is 5.73 Å². The van der Waals surface area contributed by atoms with E-state index >= 15 is 0 Å². The van der Waals surface area contributed by atoms with Crippen LogP contribution >= 0.6 is 31.9 Å². The minimum absolute atomic E-state index is 0.0401. The molecular weight excluding hydrogens is 482 g/mol. The molecule has 0 aliphatic rings. The molecule has 1 unspecified atom stereocenters. The maximum absolute atomic E-state index is 12.5. The predicted molar refractivity (Wildman–Crippen MR) is 110 cm³/mol. The number of benzene rings is 2. The number of halogens is 2. The van der Waals surface area contributed by atoms with E-state index in [1.54, 1.807) is 36.4 Å². The van der Waals surface area contributed by atoms with Crippen molar-refractivity contribution < 1.29 is 19.4 Å². The van der Waals surface area contributed by atoms with E-state index < -0.39 is 12.0 Å². The fourth-order valence-corrected chi connectivity index (χ4v) is 3.76. The van der Waals surface area contributed by atoms with Crippen LogP contribution in [0.4, 0.5) is 5.69 Å². The lowest BCUT2D eigenvalue weighted by Crippen LogP contribution is -2.23. The molecule has 0 saturated carbocycles. The molecule has 5 N–H and O–H groups in total. The number of methoxy groups -OCH3 is 1. The number of nitrogens with one attached hydrogen (secondary N) is 2. The number of nitrogen functional groups attached to an aromatic ring is 1. The number of esters is 1. The van der Waals surface area contributed by atoms with Crippen LogP contribution in [-0.2, 0) is 9.53 Å². The van der Waals surface area contributed by atoms with Gasteiger partial charge in [0, 0.05) is 21.3 Å². The highest BCUT2D eigenvalue weighted by atomic mass is 79.9. The summed E-state index contributed by atoms with van der Waals surface area (Å²) in [6.07, 6.45) is 0. The largest absolute Gasteiger partial charge is 0.490 e. The molecule has 27 heavy (non-hydrogen) atoms. The molecule has 0 aliphatic carbocycles. The number of aliphatic hydroxyl groups is 1. The average molecular weight is 501 g/mol. The van der Waals surface area contributed by atoms with Crippen molar-refractivity contribution >= 4 is 49.4 Å². The van der Waals surface area contributed by atoms with E-state index in [1.165, 1.54) is 7.11 Å². The first-order chi connectivity index (χ1) is 12.9.